The fraction of sp³-hybridized carbons (Fsp3) is 0.200. The zero-order valence-electron chi connectivity index (χ0n) is 14.1. The fourth-order valence-corrected chi connectivity index (χ4v) is 2.89. The van der Waals surface area contributed by atoms with Crippen molar-refractivity contribution in [1.82, 2.24) is 0 Å². The summed E-state index contributed by atoms with van der Waals surface area (Å²) in [7, 11) is 0. The van der Waals surface area contributed by atoms with Crippen molar-refractivity contribution in [1.29, 1.82) is 0 Å². The first-order valence-corrected chi connectivity index (χ1v) is 8.26. The van der Waals surface area contributed by atoms with Crippen LogP contribution in [0.15, 0.2) is 51.7 Å². The Morgan fingerprint density at radius 3 is 2.77 bits per heavy atom. The van der Waals surface area contributed by atoms with Gasteiger partial charge in [-0.2, -0.15) is 0 Å². The molecule has 0 fully saturated rings. The number of carbonyl (C=O) groups excluding carboxylic acids is 1. The van der Waals surface area contributed by atoms with Crippen molar-refractivity contribution < 1.29 is 23.4 Å². The molecule has 0 saturated heterocycles. The molecule has 0 aliphatic carbocycles. The molecule has 1 aromatic heterocycles. The molecule has 0 saturated carbocycles. The smallest absolute Gasteiger partial charge is 0.336 e. The van der Waals surface area contributed by atoms with E-state index in [4.69, 9.17) is 18.6 Å². The van der Waals surface area contributed by atoms with E-state index in [-0.39, 0.29) is 19.2 Å². The Bertz CT molecular complexity index is 1050. The van der Waals surface area contributed by atoms with Crippen LogP contribution in [0.25, 0.3) is 11.0 Å². The lowest BCUT2D eigenvalue weighted by Gasteiger charge is -2.08. The summed E-state index contributed by atoms with van der Waals surface area (Å²) in [6.07, 6.45) is 0.727. The first-order chi connectivity index (χ1) is 12.6. The number of ketones is 1. The van der Waals surface area contributed by atoms with Crippen LogP contribution in [-0.2, 0) is 6.42 Å². The summed E-state index contributed by atoms with van der Waals surface area (Å²) in [4.78, 5) is 24.0. The number of benzene rings is 2. The second-order valence-corrected chi connectivity index (χ2v) is 5.88. The largest absolute Gasteiger partial charge is 0.485 e. The molecule has 1 aliphatic heterocycles. The standard InChI is InChI=1S/C20H16O6/c1-2-12-8-20(22)26-18-9-14(4-5-15(12)18)23-10-16(21)13-3-6-17-19(7-13)25-11-24-17/h3-9H,2,10-11H2,1H3. The van der Waals surface area contributed by atoms with Crippen molar-refractivity contribution in [2.45, 2.75) is 13.3 Å². The second kappa shape index (κ2) is 6.55. The summed E-state index contributed by atoms with van der Waals surface area (Å²) in [6, 6.07) is 11.7. The number of rotatable bonds is 5. The van der Waals surface area contributed by atoms with Gasteiger partial charge in [-0.3, -0.25) is 4.79 Å². The average molecular weight is 352 g/mol. The van der Waals surface area contributed by atoms with Crippen LogP contribution in [0, 0.1) is 0 Å². The molecule has 0 N–H and O–H groups in total. The lowest BCUT2D eigenvalue weighted by Crippen LogP contribution is -2.11. The van der Waals surface area contributed by atoms with E-state index in [1.54, 1.807) is 30.3 Å². The zero-order valence-corrected chi connectivity index (χ0v) is 14.1. The van der Waals surface area contributed by atoms with E-state index in [9.17, 15) is 9.59 Å². The summed E-state index contributed by atoms with van der Waals surface area (Å²) in [5, 5.41) is 0.863. The lowest BCUT2D eigenvalue weighted by molar-refractivity contribution is 0.0921. The molecule has 3 aromatic rings. The number of Topliss-reactive ketones (excluding diaryl/α,β-unsaturated/α-hetero) is 1. The highest BCUT2D eigenvalue weighted by molar-refractivity contribution is 5.98. The van der Waals surface area contributed by atoms with Crippen molar-refractivity contribution in [2.24, 2.45) is 0 Å². The van der Waals surface area contributed by atoms with Crippen molar-refractivity contribution in [3.63, 3.8) is 0 Å². The zero-order chi connectivity index (χ0) is 18.1. The summed E-state index contributed by atoms with van der Waals surface area (Å²) < 4.78 is 21.3. The Labute approximate surface area is 148 Å². The van der Waals surface area contributed by atoms with Crippen molar-refractivity contribution in [3.05, 3.63) is 64.0 Å². The fourth-order valence-electron chi connectivity index (χ4n) is 2.89. The summed E-state index contributed by atoms with van der Waals surface area (Å²) >= 11 is 0. The number of carbonyl (C=O) groups is 1. The third kappa shape index (κ3) is 3.01. The number of hydrogen-bond acceptors (Lipinski definition) is 6. The Kier molecular flexibility index (Phi) is 4.08. The van der Waals surface area contributed by atoms with Gasteiger partial charge in [0.05, 0.1) is 0 Å². The van der Waals surface area contributed by atoms with Gasteiger partial charge >= 0.3 is 5.63 Å². The summed E-state index contributed by atoms with van der Waals surface area (Å²) in [5.74, 6) is 1.45. The predicted octanol–water partition coefficient (Wildman–Crippen LogP) is 3.35. The molecule has 0 amide bonds. The molecule has 0 radical (unpaired) electrons. The van der Waals surface area contributed by atoms with Gasteiger partial charge in [-0.15, -0.1) is 0 Å². The number of fused-ring (bicyclic) bond motifs is 2. The van der Waals surface area contributed by atoms with Gasteiger partial charge in [-0.1, -0.05) is 6.92 Å². The van der Waals surface area contributed by atoms with E-state index in [2.05, 4.69) is 0 Å². The topological polar surface area (TPSA) is 75.0 Å². The van der Waals surface area contributed by atoms with Gasteiger partial charge in [0.2, 0.25) is 6.79 Å². The molecule has 2 aromatic carbocycles. The Morgan fingerprint density at radius 1 is 1.08 bits per heavy atom. The van der Waals surface area contributed by atoms with Gasteiger partial charge in [-0.05, 0) is 42.3 Å². The molecule has 0 bridgehead atoms. The Balaban J connectivity index is 1.52. The predicted molar refractivity (Wildman–Crippen MR) is 94.3 cm³/mol. The number of ether oxygens (including phenoxy) is 3. The van der Waals surface area contributed by atoms with E-state index in [0.29, 0.717) is 28.4 Å². The second-order valence-electron chi connectivity index (χ2n) is 5.88. The third-order valence-electron chi connectivity index (χ3n) is 4.25. The SMILES string of the molecule is CCc1cc(=O)oc2cc(OCC(=O)c3ccc4c(c3)OCO4)ccc12. The Morgan fingerprint density at radius 2 is 1.92 bits per heavy atom. The molecule has 132 valence electrons. The molecule has 1 aliphatic rings. The maximum Gasteiger partial charge on any atom is 0.336 e. The number of aryl methyl sites for hydroxylation is 1. The van der Waals surface area contributed by atoms with Crippen molar-refractivity contribution >= 4 is 16.8 Å². The van der Waals surface area contributed by atoms with Gasteiger partial charge in [0.25, 0.3) is 0 Å². The minimum Gasteiger partial charge on any atom is -0.485 e. The van der Waals surface area contributed by atoms with Crippen LogP contribution in [-0.4, -0.2) is 19.2 Å². The van der Waals surface area contributed by atoms with E-state index in [0.717, 1.165) is 17.4 Å². The maximum absolute atomic E-state index is 12.3. The average Bonchev–Trinajstić information content (AvgIpc) is 3.12. The molecular weight excluding hydrogens is 336 g/mol. The van der Waals surface area contributed by atoms with Crippen LogP contribution >= 0.6 is 0 Å². The molecule has 26 heavy (non-hydrogen) atoms. The molecule has 0 atom stereocenters. The van der Waals surface area contributed by atoms with E-state index in [1.165, 1.54) is 6.07 Å². The monoisotopic (exact) mass is 352 g/mol. The number of hydrogen-bond donors (Lipinski definition) is 0. The summed E-state index contributed by atoms with van der Waals surface area (Å²) in [6.45, 7) is 2.00. The molecule has 6 nitrogen and oxygen atoms in total. The van der Waals surface area contributed by atoms with Gasteiger partial charge in [0, 0.05) is 23.1 Å². The molecule has 4 rings (SSSR count). The molecule has 2 heterocycles. The van der Waals surface area contributed by atoms with Crippen molar-refractivity contribution in [2.75, 3.05) is 13.4 Å². The van der Waals surface area contributed by atoms with Crippen LogP contribution in [0.4, 0.5) is 0 Å². The Hall–Kier alpha value is -3.28. The maximum atomic E-state index is 12.3. The lowest BCUT2D eigenvalue weighted by atomic mass is 10.1. The van der Waals surface area contributed by atoms with E-state index >= 15 is 0 Å². The highest BCUT2D eigenvalue weighted by atomic mass is 16.7. The van der Waals surface area contributed by atoms with Gasteiger partial charge in [-0.25, -0.2) is 4.79 Å². The molecule has 6 heteroatoms. The van der Waals surface area contributed by atoms with E-state index < -0.39 is 5.63 Å². The van der Waals surface area contributed by atoms with E-state index in [1.807, 2.05) is 13.0 Å². The molecule has 0 unspecified atom stereocenters. The molecular formula is C20H16O6. The van der Waals surface area contributed by atoms with Crippen molar-refractivity contribution in [3.8, 4) is 17.2 Å². The van der Waals surface area contributed by atoms with Crippen LogP contribution in [0.1, 0.15) is 22.8 Å². The van der Waals surface area contributed by atoms with Crippen LogP contribution in [0.3, 0.4) is 0 Å². The quantitative estimate of drug-likeness (QED) is 0.518. The van der Waals surface area contributed by atoms with Crippen LogP contribution in [0.5, 0.6) is 17.2 Å². The van der Waals surface area contributed by atoms with Gasteiger partial charge in [0.1, 0.15) is 11.3 Å². The first kappa shape index (κ1) is 16.2. The highest BCUT2D eigenvalue weighted by Crippen LogP contribution is 2.32. The molecule has 0 spiro atoms. The van der Waals surface area contributed by atoms with Gasteiger partial charge in [0.15, 0.2) is 23.9 Å². The van der Waals surface area contributed by atoms with Crippen LogP contribution < -0.4 is 19.8 Å². The van der Waals surface area contributed by atoms with Gasteiger partial charge < -0.3 is 18.6 Å². The summed E-state index contributed by atoms with van der Waals surface area (Å²) in [5.41, 5.74) is 1.44. The third-order valence-corrected chi connectivity index (χ3v) is 4.25. The van der Waals surface area contributed by atoms with Crippen LogP contribution in [0.2, 0.25) is 0 Å². The minimum absolute atomic E-state index is 0.136. The first-order valence-electron chi connectivity index (χ1n) is 8.26. The minimum atomic E-state index is -0.400. The normalized spacial score (nSPS) is 12.3. The highest BCUT2D eigenvalue weighted by Gasteiger charge is 2.16.